The van der Waals surface area contributed by atoms with E-state index in [0.29, 0.717) is 34.3 Å². The molecule has 0 unspecified atom stereocenters. The molecule has 1 atom stereocenters. The Morgan fingerprint density at radius 3 is 2.55 bits per heavy atom. The molecule has 6 rings (SSSR count). The van der Waals surface area contributed by atoms with Crippen LogP contribution in [0.4, 0.5) is 5.69 Å². The van der Waals surface area contributed by atoms with Crippen LogP contribution in [0.5, 0.6) is 5.75 Å². The van der Waals surface area contributed by atoms with Crippen LogP contribution >= 0.6 is 11.8 Å². The van der Waals surface area contributed by atoms with Crippen LogP contribution in [0.25, 0.3) is 17.1 Å². The number of aliphatic hydroxyl groups is 1. The van der Waals surface area contributed by atoms with Gasteiger partial charge in [-0.25, -0.2) is 4.79 Å². The second kappa shape index (κ2) is 12.8. The molecule has 0 aliphatic carbocycles. The number of benzene rings is 2. The van der Waals surface area contributed by atoms with Gasteiger partial charge in [-0.05, 0) is 79.3 Å². The Balaban J connectivity index is 0.938. The first-order chi connectivity index (χ1) is 20.4. The van der Waals surface area contributed by atoms with Crippen molar-refractivity contribution in [3.05, 3.63) is 63.4 Å². The number of H-pyrrole nitrogens is 2. The zero-order valence-corrected chi connectivity index (χ0v) is 24.7. The summed E-state index contributed by atoms with van der Waals surface area (Å²) in [5, 5.41) is 14.8. The van der Waals surface area contributed by atoms with Crippen LogP contribution < -0.4 is 20.6 Å². The van der Waals surface area contributed by atoms with E-state index >= 15 is 0 Å². The first-order valence-electron chi connectivity index (χ1n) is 14.8. The Morgan fingerprint density at radius 1 is 1.05 bits per heavy atom. The number of carbonyl (C=O) groups excluding carboxylic acids is 1. The quantitative estimate of drug-likeness (QED) is 0.294. The highest BCUT2D eigenvalue weighted by atomic mass is 32.2. The van der Waals surface area contributed by atoms with Gasteiger partial charge in [0, 0.05) is 44.5 Å². The van der Waals surface area contributed by atoms with E-state index < -0.39 is 6.10 Å². The number of thioether (sulfide) groups is 1. The molecule has 3 aromatic rings. The molecular formula is C31H38N6O4S. The molecule has 10 nitrogen and oxygen atoms in total. The van der Waals surface area contributed by atoms with Gasteiger partial charge in [-0.15, -0.1) is 0 Å². The summed E-state index contributed by atoms with van der Waals surface area (Å²) in [5.74, 6) is 1.14. The van der Waals surface area contributed by atoms with Crippen LogP contribution in [-0.4, -0.2) is 82.5 Å². The third-order valence-corrected chi connectivity index (χ3v) is 9.35. The van der Waals surface area contributed by atoms with E-state index in [1.807, 2.05) is 6.08 Å². The Kier molecular flexibility index (Phi) is 8.68. The first kappa shape index (κ1) is 28.6. The third kappa shape index (κ3) is 6.74. The summed E-state index contributed by atoms with van der Waals surface area (Å²) in [7, 11) is 0. The number of hydrogen-bond acceptors (Lipinski definition) is 8. The Bertz CT molecular complexity index is 1510. The summed E-state index contributed by atoms with van der Waals surface area (Å²) in [6, 6.07) is 14.1. The number of aromatic nitrogens is 2. The second-order valence-electron chi connectivity index (χ2n) is 11.5. The summed E-state index contributed by atoms with van der Waals surface area (Å²) in [4.78, 5) is 39.2. The van der Waals surface area contributed by atoms with Gasteiger partial charge in [-0.2, -0.15) is 4.99 Å². The fourth-order valence-corrected chi connectivity index (χ4v) is 6.67. The highest BCUT2D eigenvalue weighted by Crippen LogP contribution is 2.32. The summed E-state index contributed by atoms with van der Waals surface area (Å²) in [6.45, 7) is 6.64. The van der Waals surface area contributed by atoms with Gasteiger partial charge < -0.3 is 34.9 Å². The summed E-state index contributed by atoms with van der Waals surface area (Å²) < 4.78 is 5.78. The van der Waals surface area contributed by atoms with E-state index in [2.05, 4.69) is 61.3 Å². The maximum Gasteiger partial charge on any atom is 0.323 e. The van der Waals surface area contributed by atoms with Gasteiger partial charge in [0.1, 0.15) is 24.0 Å². The number of amidine groups is 1. The van der Waals surface area contributed by atoms with Gasteiger partial charge in [0.05, 0.1) is 10.4 Å². The summed E-state index contributed by atoms with van der Waals surface area (Å²) in [6.07, 6.45) is 5.53. The molecule has 1 amide bonds. The predicted octanol–water partition coefficient (Wildman–Crippen LogP) is 3.56. The van der Waals surface area contributed by atoms with Gasteiger partial charge in [-0.3, -0.25) is 4.79 Å². The molecular weight excluding hydrogens is 552 g/mol. The average Bonchev–Trinajstić information content (AvgIpc) is 3.57. The van der Waals surface area contributed by atoms with Crippen molar-refractivity contribution in [2.45, 2.75) is 44.8 Å². The molecule has 11 heteroatoms. The second-order valence-corrected chi connectivity index (χ2v) is 12.5. The lowest BCUT2D eigenvalue weighted by Gasteiger charge is -2.34. The largest absolute Gasteiger partial charge is 0.489 e. The van der Waals surface area contributed by atoms with E-state index in [1.165, 1.54) is 17.4 Å². The molecule has 0 radical (unpaired) electrons. The number of aliphatic hydroxyl groups excluding tert-OH is 1. The zero-order chi connectivity index (χ0) is 29.1. The maximum absolute atomic E-state index is 12.5. The highest BCUT2D eigenvalue weighted by molar-refractivity contribution is 8.18. The van der Waals surface area contributed by atoms with E-state index in [-0.39, 0.29) is 18.2 Å². The van der Waals surface area contributed by atoms with Crippen LogP contribution in [0, 0.1) is 5.92 Å². The summed E-state index contributed by atoms with van der Waals surface area (Å²) in [5.41, 5.74) is 3.18. The monoisotopic (exact) mass is 590 g/mol. The number of carbonyl (C=O) groups is 1. The van der Waals surface area contributed by atoms with Crippen molar-refractivity contribution in [2.75, 3.05) is 44.2 Å². The van der Waals surface area contributed by atoms with Gasteiger partial charge in [0.15, 0.2) is 5.17 Å². The lowest BCUT2D eigenvalue weighted by molar-refractivity contribution is -0.113. The number of hydrogen-bond donors (Lipinski definition) is 4. The number of aromatic amines is 2. The van der Waals surface area contributed by atoms with Crippen molar-refractivity contribution in [3.63, 3.8) is 0 Å². The first-order valence-corrected chi connectivity index (χ1v) is 15.6. The van der Waals surface area contributed by atoms with Crippen molar-refractivity contribution >= 4 is 45.6 Å². The van der Waals surface area contributed by atoms with E-state index in [0.717, 1.165) is 68.5 Å². The number of rotatable bonds is 8. The molecule has 1 aromatic heterocycles. The molecule has 3 aliphatic rings. The fraction of sp³-hybridized carbons (Fsp3) is 0.452. The smallest absolute Gasteiger partial charge is 0.323 e. The highest BCUT2D eigenvalue weighted by Gasteiger charge is 2.28. The Hall–Kier alpha value is -3.54. The molecule has 0 saturated carbocycles. The number of amides is 1. The number of nitrogens with one attached hydrogen (secondary N) is 3. The molecule has 0 bridgehead atoms. The van der Waals surface area contributed by atoms with Gasteiger partial charge >= 0.3 is 5.69 Å². The lowest BCUT2D eigenvalue weighted by Crippen LogP contribution is -2.45. The van der Waals surface area contributed by atoms with Gasteiger partial charge in [-0.1, -0.05) is 25.1 Å². The topological polar surface area (TPSA) is 126 Å². The van der Waals surface area contributed by atoms with Crippen LogP contribution in [0.2, 0.25) is 0 Å². The van der Waals surface area contributed by atoms with Crippen molar-refractivity contribution < 1.29 is 14.6 Å². The van der Waals surface area contributed by atoms with Crippen LogP contribution in [-0.2, 0) is 4.79 Å². The number of nitrogens with zero attached hydrogens (tertiary/aromatic N) is 3. The number of piperidine rings is 2. The number of imidazole rings is 1. The molecule has 4 heterocycles. The third-order valence-electron chi connectivity index (χ3n) is 8.30. The van der Waals surface area contributed by atoms with E-state index in [4.69, 9.17) is 4.74 Å². The van der Waals surface area contributed by atoms with E-state index in [9.17, 15) is 14.7 Å². The minimum absolute atomic E-state index is 0.135. The van der Waals surface area contributed by atoms with Crippen molar-refractivity contribution in [2.24, 2.45) is 10.9 Å². The number of aliphatic imine (C=N–C) groups is 1. The van der Waals surface area contributed by atoms with Crippen molar-refractivity contribution in [3.8, 4) is 5.75 Å². The SMILES string of the molecule is CC1CCN(C2=NC(=O)C(=Cc3ccc(N4CCC(NC[C@H](O)COc5cccc6[nH]c(=O)[nH]c56)CC4)cc3)S2)CC1. The fourth-order valence-electron chi connectivity index (χ4n) is 5.71. The number of para-hydroxylation sites is 1. The zero-order valence-electron chi connectivity index (χ0n) is 23.8. The molecule has 2 saturated heterocycles. The summed E-state index contributed by atoms with van der Waals surface area (Å²) >= 11 is 1.49. The molecule has 2 aromatic carbocycles. The molecule has 4 N–H and O–H groups in total. The van der Waals surface area contributed by atoms with Gasteiger partial charge in [0.25, 0.3) is 5.91 Å². The number of fused-ring (bicyclic) bond motifs is 1. The molecule has 3 aliphatic heterocycles. The number of anilines is 1. The Labute approximate surface area is 249 Å². The molecule has 0 spiro atoms. The minimum Gasteiger partial charge on any atom is -0.489 e. The van der Waals surface area contributed by atoms with Crippen LogP contribution in [0.15, 0.2) is 57.2 Å². The molecule has 222 valence electrons. The average molecular weight is 591 g/mol. The lowest BCUT2D eigenvalue weighted by atomic mass is 10.00. The van der Waals surface area contributed by atoms with Crippen molar-refractivity contribution in [1.29, 1.82) is 0 Å². The maximum atomic E-state index is 12.5. The standard InChI is InChI=1S/C31H38N6O4S/c1-20-9-13-37(14-10-20)31-35-29(39)27(42-31)17-21-5-7-23(8-6-21)36-15-11-22(12-16-36)32-18-24(38)19-41-26-4-2-3-25-28(26)34-30(40)33-25/h2-8,17,20,22,24,32,38H,9-16,18-19H2,1H3,(H2,33,34,40)/t24-/m0/s1. The minimum atomic E-state index is -0.666. The van der Waals surface area contributed by atoms with Crippen molar-refractivity contribution in [1.82, 2.24) is 20.2 Å². The van der Waals surface area contributed by atoms with Gasteiger partial charge in [0.2, 0.25) is 0 Å². The van der Waals surface area contributed by atoms with Crippen LogP contribution in [0.3, 0.4) is 0 Å². The van der Waals surface area contributed by atoms with Crippen LogP contribution in [0.1, 0.15) is 38.2 Å². The predicted molar refractivity (Wildman–Crippen MR) is 168 cm³/mol. The van der Waals surface area contributed by atoms with E-state index in [1.54, 1.807) is 18.2 Å². The molecule has 42 heavy (non-hydrogen) atoms. The normalized spacial score (nSPS) is 20.5. The molecule has 2 fully saturated rings. The number of likely N-dealkylation sites (tertiary alicyclic amines) is 1. The number of ether oxygens (including phenoxy) is 1. The Morgan fingerprint density at radius 2 is 1.79 bits per heavy atom.